The molecule has 0 saturated heterocycles. The van der Waals surface area contributed by atoms with Crippen LogP contribution in [0.1, 0.15) is 5.69 Å². The molecule has 0 fully saturated rings. The SMILES string of the molecule is COc1ccc(-c2nc(CNC(=O)COc3ccc([N+](=O)[O-])cc3)cs2)cc1. The van der Waals surface area contributed by atoms with Crippen LogP contribution in [0.3, 0.4) is 0 Å². The van der Waals surface area contributed by atoms with E-state index in [9.17, 15) is 14.9 Å². The molecule has 0 atom stereocenters. The normalized spacial score (nSPS) is 10.3. The number of ether oxygens (including phenoxy) is 2. The van der Waals surface area contributed by atoms with Gasteiger partial charge in [-0.1, -0.05) is 0 Å². The molecule has 9 heteroatoms. The Bertz CT molecular complexity index is 954. The number of aromatic nitrogens is 1. The Morgan fingerprint density at radius 2 is 1.82 bits per heavy atom. The van der Waals surface area contributed by atoms with Crippen LogP contribution in [-0.2, 0) is 11.3 Å². The third-order valence-electron chi connectivity index (χ3n) is 3.77. The summed E-state index contributed by atoms with van der Waals surface area (Å²) in [5.41, 5.74) is 1.69. The van der Waals surface area contributed by atoms with Crippen molar-refractivity contribution in [1.82, 2.24) is 10.3 Å². The maximum Gasteiger partial charge on any atom is 0.269 e. The Labute approximate surface area is 164 Å². The third-order valence-corrected chi connectivity index (χ3v) is 4.71. The number of benzene rings is 2. The van der Waals surface area contributed by atoms with Crippen molar-refractivity contribution in [3.63, 3.8) is 0 Å². The number of carbonyl (C=O) groups is 1. The number of hydrogen-bond acceptors (Lipinski definition) is 7. The van der Waals surface area contributed by atoms with Crippen LogP contribution in [0, 0.1) is 10.1 Å². The van der Waals surface area contributed by atoms with Crippen molar-refractivity contribution in [2.45, 2.75) is 6.54 Å². The number of nitro groups is 1. The van der Waals surface area contributed by atoms with E-state index in [1.165, 1.54) is 35.6 Å². The fraction of sp³-hybridized carbons (Fsp3) is 0.158. The molecule has 28 heavy (non-hydrogen) atoms. The summed E-state index contributed by atoms with van der Waals surface area (Å²) in [6, 6.07) is 13.1. The molecule has 0 radical (unpaired) electrons. The second kappa shape index (κ2) is 8.96. The first-order valence-electron chi connectivity index (χ1n) is 8.28. The van der Waals surface area contributed by atoms with E-state index in [1.54, 1.807) is 7.11 Å². The number of nitrogens with one attached hydrogen (secondary N) is 1. The molecule has 0 spiro atoms. The van der Waals surface area contributed by atoms with Gasteiger partial charge in [0, 0.05) is 23.1 Å². The number of nitrogens with zero attached hydrogens (tertiary/aromatic N) is 2. The summed E-state index contributed by atoms with van der Waals surface area (Å²) in [7, 11) is 1.62. The molecular weight excluding hydrogens is 382 g/mol. The van der Waals surface area contributed by atoms with Crippen LogP contribution in [0.25, 0.3) is 10.6 Å². The topological polar surface area (TPSA) is 104 Å². The van der Waals surface area contributed by atoms with Crippen molar-refractivity contribution in [3.05, 3.63) is 69.7 Å². The standard InChI is InChI=1S/C19H17N3O5S/c1-26-16-6-2-13(3-7-16)19-21-14(12-28-19)10-20-18(23)11-27-17-8-4-15(5-9-17)22(24)25/h2-9,12H,10-11H2,1H3,(H,20,23). The highest BCUT2D eigenvalue weighted by atomic mass is 32.1. The van der Waals surface area contributed by atoms with E-state index < -0.39 is 4.92 Å². The lowest BCUT2D eigenvalue weighted by atomic mass is 10.2. The van der Waals surface area contributed by atoms with Gasteiger partial charge in [-0.15, -0.1) is 11.3 Å². The van der Waals surface area contributed by atoms with E-state index in [4.69, 9.17) is 9.47 Å². The molecular formula is C19H17N3O5S. The second-order valence-corrected chi connectivity index (χ2v) is 6.55. The molecule has 3 aromatic rings. The molecule has 0 aliphatic heterocycles. The third kappa shape index (κ3) is 5.04. The van der Waals surface area contributed by atoms with Crippen molar-refractivity contribution in [1.29, 1.82) is 0 Å². The molecule has 0 aliphatic rings. The highest BCUT2D eigenvalue weighted by molar-refractivity contribution is 7.13. The smallest absolute Gasteiger partial charge is 0.269 e. The average Bonchev–Trinajstić information content (AvgIpc) is 3.20. The van der Waals surface area contributed by atoms with Crippen molar-refractivity contribution in [2.24, 2.45) is 0 Å². The summed E-state index contributed by atoms with van der Waals surface area (Å²) in [5, 5.41) is 16.1. The van der Waals surface area contributed by atoms with Gasteiger partial charge >= 0.3 is 0 Å². The zero-order valence-corrected chi connectivity index (χ0v) is 15.8. The summed E-state index contributed by atoms with van der Waals surface area (Å²) >= 11 is 1.49. The van der Waals surface area contributed by atoms with Crippen LogP contribution in [0.15, 0.2) is 53.9 Å². The largest absolute Gasteiger partial charge is 0.497 e. The maximum atomic E-state index is 11.9. The van der Waals surface area contributed by atoms with E-state index in [-0.39, 0.29) is 24.7 Å². The van der Waals surface area contributed by atoms with E-state index in [2.05, 4.69) is 10.3 Å². The first kappa shape index (κ1) is 19.3. The first-order chi connectivity index (χ1) is 13.5. The molecule has 0 unspecified atom stereocenters. The van der Waals surface area contributed by atoms with E-state index >= 15 is 0 Å². The molecule has 1 aromatic heterocycles. The Morgan fingerprint density at radius 1 is 1.14 bits per heavy atom. The van der Waals surface area contributed by atoms with Gasteiger partial charge in [0.15, 0.2) is 6.61 Å². The lowest BCUT2D eigenvalue weighted by molar-refractivity contribution is -0.384. The zero-order valence-electron chi connectivity index (χ0n) is 15.0. The van der Waals surface area contributed by atoms with Crippen LogP contribution in [-0.4, -0.2) is 29.5 Å². The molecule has 1 amide bonds. The lowest BCUT2D eigenvalue weighted by Crippen LogP contribution is -2.28. The Kier molecular flexibility index (Phi) is 6.18. The Balaban J connectivity index is 1.48. The number of amides is 1. The zero-order chi connectivity index (χ0) is 19.9. The van der Waals surface area contributed by atoms with Crippen molar-refractivity contribution in [3.8, 4) is 22.1 Å². The van der Waals surface area contributed by atoms with Gasteiger partial charge in [-0.3, -0.25) is 14.9 Å². The summed E-state index contributed by atoms with van der Waals surface area (Å²) in [6.45, 7) is 0.0996. The van der Waals surface area contributed by atoms with Gasteiger partial charge in [0.25, 0.3) is 11.6 Å². The monoisotopic (exact) mass is 399 g/mol. The van der Waals surface area contributed by atoms with E-state index in [1.807, 2.05) is 29.6 Å². The second-order valence-electron chi connectivity index (χ2n) is 5.69. The van der Waals surface area contributed by atoms with Crippen LogP contribution in [0.2, 0.25) is 0 Å². The highest BCUT2D eigenvalue weighted by Gasteiger charge is 2.09. The van der Waals surface area contributed by atoms with Gasteiger partial charge < -0.3 is 14.8 Å². The van der Waals surface area contributed by atoms with Crippen molar-refractivity contribution >= 4 is 22.9 Å². The minimum Gasteiger partial charge on any atom is -0.497 e. The number of non-ortho nitro benzene ring substituents is 1. The molecule has 0 bridgehead atoms. The molecule has 0 aliphatic carbocycles. The molecule has 0 saturated carbocycles. The molecule has 144 valence electrons. The van der Waals surface area contributed by atoms with Gasteiger partial charge in [0.1, 0.15) is 16.5 Å². The average molecular weight is 399 g/mol. The first-order valence-corrected chi connectivity index (χ1v) is 9.16. The van der Waals surface area contributed by atoms with Crippen molar-refractivity contribution < 1.29 is 19.2 Å². The summed E-state index contributed by atoms with van der Waals surface area (Å²) in [4.78, 5) is 26.6. The fourth-order valence-corrected chi connectivity index (χ4v) is 3.13. The lowest BCUT2D eigenvalue weighted by Gasteiger charge is -2.06. The predicted octanol–water partition coefficient (Wildman–Crippen LogP) is 3.42. The summed E-state index contributed by atoms with van der Waals surface area (Å²) in [5.74, 6) is 0.856. The molecule has 1 heterocycles. The van der Waals surface area contributed by atoms with Crippen molar-refractivity contribution in [2.75, 3.05) is 13.7 Å². The number of thiazole rings is 1. The Morgan fingerprint density at radius 3 is 2.46 bits per heavy atom. The van der Waals surface area contributed by atoms with E-state index in [0.29, 0.717) is 5.75 Å². The molecule has 1 N–H and O–H groups in total. The molecule has 3 rings (SSSR count). The number of methoxy groups -OCH3 is 1. The van der Waals surface area contributed by atoms with Crippen LogP contribution in [0.4, 0.5) is 5.69 Å². The van der Waals surface area contributed by atoms with Gasteiger partial charge in [-0.2, -0.15) is 0 Å². The van der Waals surface area contributed by atoms with Gasteiger partial charge in [-0.25, -0.2) is 4.98 Å². The Hall–Kier alpha value is -3.46. The number of nitro benzene ring substituents is 1. The van der Waals surface area contributed by atoms with Gasteiger partial charge in [0.05, 0.1) is 24.3 Å². The van der Waals surface area contributed by atoms with Crippen LogP contribution in [0.5, 0.6) is 11.5 Å². The summed E-state index contributed by atoms with van der Waals surface area (Å²) < 4.78 is 10.5. The number of rotatable bonds is 8. The quantitative estimate of drug-likeness (QED) is 0.460. The maximum absolute atomic E-state index is 11.9. The number of hydrogen-bond donors (Lipinski definition) is 1. The summed E-state index contributed by atoms with van der Waals surface area (Å²) in [6.07, 6.45) is 0. The van der Waals surface area contributed by atoms with Crippen LogP contribution < -0.4 is 14.8 Å². The minimum atomic E-state index is -0.495. The van der Waals surface area contributed by atoms with E-state index in [0.717, 1.165) is 22.0 Å². The minimum absolute atomic E-state index is 0.0343. The van der Waals surface area contributed by atoms with Gasteiger partial charge in [-0.05, 0) is 36.4 Å². The highest BCUT2D eigenvalue weighted by Crippen LogP contribution is 2.25. The van der Waals surface area contributed by atoms with Crippen LogP contribution >= 0.6 is 11.3 Å². The number of carbonyl (C=O) groups excluding carboxylic acids is 1. The fourth-order valence-electron chi connectivity index (χ4n) is 2.31. The molecule has 2 aromatic carbocycles. The molecule has 8 nitrogen and oxygen atoms in total. The van der Waals surface area contributed by atoms with Gasteiger partial charge in [0.2, 0.25) is 0 Å². The predicted molar refractivity (Wildman–Crippen MR) is 105 cm³/mol.